The number of alkyl halides is 2. The van der Waals surface area contributed by atoms with E-state index >= 15 is 0 Å². The molecular weight excluding hydrogens is 1170 g/mol. The van der Waals surface area contributed by atoms with E-state index in [4.69, 9.17) is 23.2 Å². The van der Waals surface area contributed by atoms with Crippen LogP contribution in [-0.2, 0) is 0 Å². The summed E-state index contributed by atoms with van der Waals surface area (Å²) in [4.78, 5) is 0. The van der Waals surface area contributed by atoms with Crippen LogP contribution in [0.15, 0.2) is 0 Å². The Bertz CT molecular complexity index is 275. The van der Waals surface area contributed by atoms with Crippen LogP contribution >= 0.6 is 23.2 Å². The van der Waals surface area contributed by atoms with Gasteiger partial charge in [-0.3, -0.25) is 0 Å². The van der Waals surface area contributed by atoms with Crippen molar-refractivity contribution in [1.29, 1.82) is 0 Å². The fourth-order valence-corrected chi connectivity index (χ4v) is 24.5. The predicted octanol–water partition coefficient (Wildman–Crippen LogP) is -4.94. The van der Waals surface area contributed by atoms with E-state index in [-0.39, 0.29) is 39.4 Å². The van der Waals surface area contributed by atoms with Crippen molar-refractivity contribution in [2.45, 2.75) is 40.5 Å². The molecule has 2 nitrogen and oxygen atoms in total. The quantitative estimate of drug-likeness (QED) is 0.168. The van der Waals surface area contributed by atoms with E-state index in [1.54, 1.807) is 0 Å². The second-order valence-electron chi connectivity index (χ2n) is 4.36. The van der Waals surface area contributed by atoms with E-state index in [9.17, 15) is 0 Å². The van der Waals surface area contributed by atoms with Crippen molar-refractivity contribution in [2.75, 3.05) is 37.9 Å². The first-order chi connectivity index (χ1) is 15.3. The van der Waals surface area contributed by atoms with Gasteiger partial charge in [0.1, 0.15) is 0 Å². The zero-order valence-electron chi connectivity index (χ0n) is 21.6. The van der Waals surface area contributed by atoms with Gasteiger partial charge in [0, 0.05) is 20.2 Å². The summed E-state index contributed by atoms with van der Waals surface area (Å²) in [5.41, 5.74) is 0. The van der Waals surface area contributed by atoms with Crippen molar-refractivity contribution >= 4 is 248 Å². The molecule has 3 radical (unpaired) electrons. The standard InChI is InChI=1S/C5H10Cl2.C4H9NSe3.C4H9NSe2.B.5Na.Se3.Se2.H/c6-4-2-1-3-5-7;1-3-6-8-7-4-2-5-1;1-3-6-7-4-2-5-1;;;;;;;1-3-2;1-2;/h1-5H2;5H,1-4H2;5H,1-4H2;;;;;;;;;/q;;;;;;;;+1;;;-1. The summed E-state index contributed by atoms with van der Waals surface area (Å²) in [5, 5.41) is 12.8. The summed E-state index contributed by atoms with van der Waals surface area (Å²) in [5.74, 6) is 1.55. The predicted molar refractivity (Wildman–Crippen MR) is 168 cm³/mol. The fourth-order valence-electron chi connectivity index (χ4n) is 1.29. The third-order valence-corrected chi connectivity index (χ3v) is 28.9. The van der Waals surface area contributed by atoms with Crippen LogP contribution in [0.2, 0.25) is 21.3 Å². The maximum atomic E-state index is 5.39. The molecule has 2 heterocycles. The number of unbranched alkanes of at least 4 members (excludes halogenated alkanes) is 2. The second-order valence-corrected chi connectivity index (χ2v) is 39.8. The van der Waals surface area contributed by atoms with Gasteiger partial charge in [0.05, 0.1) is 0 Å². The molecule has 0 spiro atoms. The summed E-state index contributed by atoms with van der Waals surface area (Å²) in [6.45, 7) is 5.19. The van der Waals surface area contributed by atoms with Crippen LogP contribution in [0.1, 0.15) is 20.7 Å². The van der Waals surface area contributed by atoms with Crippen molar-refractivity contribution in [3.05, 3.63) is 0 Å². The Hall–Kier alpha value is 10.8. The van der Waals surface area contributed by atoms with Crippen molar-refractivity contribution < 1.29 is 31.0 Å². The van der Waals surface area contributed by atoms with Gasteiger partial charge in [-0.05, 0) is 12.8 Å². The average molecular weight is 1200 g/mol. The normalized spacial score (nSPS) is 13.9. The third-order valence-electron chi connectivity index (χ3n) is 2.40. The SMILES string of the molecule is C1C[Se][Se]CCN1.C1C[Se][Se][Se]CCN1.ClCCCCCCl.[B].[H-].[Na+].[Na][Na].[Na][Na].[Se]=[Se].[Se]=[Se]=[Se]. The molecular formula is C13H29BCl2N2Na5Se10. The number of hydrogen-bond acceptors (Lipinski definition) is 2. The topological polar surface area (TPSA) is 24.1 Å². The van der Waals surface area contributed by atoms with Gasteiger partial charge in [-0.2, -0.15) is 0 Å². The van der Waals surface area contributed by atoms with Gasteiger partial charge in [0.25, 0.3) is 0 Å². The molecule has 2 rings (SSSR count). The monoisotopic (exact) mass is 1210 g/mol. The van der Waals surface area contributed by atoms with E-state index in [1.807, 2.05) is 0 Å². The van der Waals surface area contributed by atoms with Gasteiger partial charge >= 0.3 is 304 Å². The minimum atomic E-state index is 0. The van der Waals surface area contributed by atoms with E-state index in [0.29, 0.717) is 10.2 Å². The van der Waals surface area contributed by atoms with E-state index < -0.39 is 0 Å². The Kier molecular flexibility index (Phi) is 133. The van der Waals surface area contributed by atoms with Crippen LogP contribution in [-0.4, -0.2) is 262 Å². The fraction of sp³-hybridized carbons (Fsp3) is 1.00. The molecule has 2 N–H and O–H groups in total. The third kappa shape index (κ3) is 80.2. The maximum absolute atomic E-state index is 5.39. The molecule has 2 saturated heterocycles. The Morgan fingerprint density at radius 2 is 0.970 bits per heavy atom. The second kappa shape index (κ2) is 73.9. The van der Waals surface area contributed by atoms with Crippen molar-refractivity contribution in [3.63, 3.8) is 0 Å². The first-order valence-electron chi connectivity index (χ1n) is 10.1. The zero-order chi connectivity index (χ0) is 24.8. The van der Waals surface area contributed by atoms with Gasteiger partial charge in [-0.15, -0.1) is 23.2 Å². The number of hydrogen-bond donors (Lipinski definition) is 2. The van der Waals surface area contributed by atoms with Crippen LogP contribution in [0.4, 0.5) is 0 Å². The molecule has 0 aromatic heterocycles. The number of rotatable bonds is 4. The van der Waals surface area contributed by atoms with Gasteiger partial charge in [-0.25, -0.2) is 0 Å². The summed E-state index contributed by atoms with van der Waals surface area (Å²) in [6, 6.07) is 0. The van der Waals surface area contributed by atoms with Gasteiger partial charge in [0.2, 0.25) is 0 Å². The number of halogens is 2. The first-order valence-corrected chi connectivity index (χ1v) is 58.0. The van der Waals surface area contributed by atoms with Crippen LogP contribution in [0.3, 0.4) is 0 Å². The molecule has 2 aliphatic heterocycles. The van der Waals surface area contributed by atoms with Crippen molar-refractivity contribution in [2.24, 2.45) is 0 Å². The Labute approximate surface area is 357 Å². The summed E-state index contributed by atoms with van der Waals surface area (Å²) >= 11 is 32.5. The zero-order valence-corrected chi connectivity index (χ0v) is 49.3. The molecule has 0 unspecified atom stereocenters. The average Bonchev–Trinajstić information content (AvgIpc) is 3.13. The minimum absolute atomic E-state index is 0. The molecule has 0 aromatic carbocycles. The molecule has 0 aromatic rings. The van der Waals surface area contributed by atoms with Gasteiger partial charge in [-0.1, -0.05) is 6.42 Å². The van der Waals surface area contributed by atoms with Gasteiger partial charge < -0.3 is 1.43 Å². The molecule has 0 aliphatic carbocycles. The van der Waals surface area contributed by atoms with E-state index in [0.717, 1.165) is 88.4 Å². The first kappa shape index (κ1) is 59.2. The Balaban J connectivity index is -0.0000000411. The van der Waals surface area contributed by atoms with Crippen molar-refractivity contribution in [1.82, 2.24) is 10.6 Å². The Morgan fingerprint density at radius 3 is 1.24 bits per heavy atom. The number of nitrogens with one attached hydrogen (secondary N) is 2. The van der Waals surface area contributed by atoms with Crippen molar-refractivity contribution in [3.8, 4) is 0 Å². The molecule has 0 amide bonds. The summed E-state index contributed by atoms with van der Waals surface area (Å²) < 4.78 is 0. The Morgan fingerprint density at radius 1 is 0.697 bits per heavy atom. The van der Waals surface area contributed by atoms with E-state index in [1.165, 1.54) is 141 Å². The molecule has 0 atom stereocenters. The molecule has 2 aliphatic rings. The van der Waals surface area contributed by atoms with Crippen LogP contribution in [0.25, 0.3) is 0 Å². The molecule has 33 heavy (non-hydrogen) atoms. The molecule has 20 heteroatoms. The van der Waals surface area contributed by atoms with Crippen LogP contribution < -0.4 is 40.2 Å². The van der Waals surface area contributed by atoms with Crippen LogP contribution in [0, 0.1) is 0 Å². The molecule has 2 fully saturated rings. The van der Waals surface area contributed by atoms with Crippen LogP contribution in [0.5, 0.6) is 0 Å². The molecule has 0 bridgehead atoms. The van der Waals surface area contributed by atoms with Gasteiger partial charge in [0.15, 0.2) is 0 Å². The molecule has 173 valence electrons. The van der Waals surface area contributed by atoms with E-state index in [2.05, 4.69) is 65.2 Å². The summed E-state index contributed by atoms with van der Waals surface area (Å²) in [7, 11) is 0.625. The molecule has 0 saturated carbocycles. The summed E-state index contributed by atoms with van der Waals surface area (Å²) in [6.07, 6.45) is 3.38.